The van der Waals surface area contributed by atoms with E-state index < -0.39 is 0 Å². The minimum Gasteiger partial charge on any atom is -0.482 e. The number of hydrogen-bond acceptors (Lipinski definition) is 3. The molecule has 0 atom stereocenters. The summed E-state index contributed by atoms with van der Waals surface area (Å²) in [6.07, 6.45) is 3.16. The van der Waals surface area contributed by atoms with Crippen LogP contribution >= 0.6 is 11.6 Å². The summed E-state index contributed by atoms with van der Waals surface area (Å²) in [7, 11) is 0. The zero-order chi connectivity index (χ0) is 12.1. The minimum atomic E-state index is -0.306. The Hall–Kier alpha value is -2.01. The number of rotatable bonds is 4. The summed E-state index contributed by atoms with van der Waals surface area (Å²) < 4.78 is 5.26. The summed E-state index contributed by atoms with van der Waals surface area (Å²) in [5.41, 5.74) is 0. The first-order chi connectivity index (χ1) is 8.25. The first-order valence-corrected chi connectivity index (χ1v) is 5.30. The number of nitrogens with one attached hydrogen (secondary N) is 2. The Morgan fingerprint density at radius 2 is 2.29 bits per heavy atom. The number of carbonyl (C=O) groups is 1. The van der Waals surface area contributed by atoms with Crippen LogP contribution in [0.4, 0.5) is 5.95 Å². The smallest absolute Gasteiger partial charge is 0.264 e. The van der Waals surface area contributed by atoms with Crippen LogP contribution in [-0.4, -0.2) is 22.5 Å². The number of hydrogen-bond donors (Lipinski definition) is 2. The maximum Gasteiger partial charge on any atom is 0.264 e. The highest BCUT2D eigenvalue weighted by Gasteiger charge is 2.06. The molecule has 0 saturated carbocycles. The molecule has 1 amide bonds. The van der Waals surface area contributed by atoms with Crippen LogP contribution in [0.15, 0.2) is 36.7 Å². The predicted octanol–water partition coefficient (Wildman–Crippen LogP) is 2.08. The van der Waals surface area contributed by atoms with Gasteiger partial charge in [-0.05, 0) is 12.1 Å². The van der Waals surface area contributed by atoms with Crippen LogP contribution in [0.1, 0.15) is 0 Å². The average Bonchev–Trinajstić information content (AvgIpc) is 2.81. The molecule has 0 radical (unpaired) electrons. The van der Waals surface area contributed by atoms with Crippen molar-refractivity contribution in [2.24, 2.45) is 0 Å². The van der Waals surface area contributed by atoms with Gasteiger partial charge in [0.15, 0.2) is 6.61 Å². The Balaban J connectivity index is 1.86. The molecule has 0 fully saturated rings. The Morgan fingerprint density at radius 1 is 1.47 bits per heavy atom. The molecule has 0 unspecified atom stereocenters. The number of carbonyl (C=O) groups excluding carboxylic acids is 1. The van der Waals surface area contributed by atoms with E-state index in [0.29, 0.717) is 16.7 Å². The molecule has 0 aliphatic heterocycles. The van der Waals surface area contributed by atoms with Gasteiger partial charge in [0.05, 0.1) is 5.02 Å². The third-order valence-corrected chi connectivity index (χ3v) is 2.26. The van der Waals surface area contributed by atoms with Crippen LogP contribution in [0.3, 0.4) is 0 Å². The van der Waals surface area contributed by atoms with Crippen molar-refractivity contribution in [1.29, 1.82) is 0 Å². The summed E-state index contributed by atoms with van der Waals surface area (Å²) >= 11 is 5.88. The lowest BCUT2D eigenvalue weighted by Gasteiger charge is -2.06. The number of imidazole rings is 1. The fraction of sp³-hybridized carbons (Fsp3) is 0.0909. The van der Waals surface area contributed by atoms with Crippen LogP contribution < -0.4 is 10.1 Å². The van der Waals surface area contributed by atoms with E-state index in [9.17, 15) is 4.79 Å². The van der Waals surface area contributed by atoms with E-state index in [-0.39, 0.29) is 12.5 Å². The fourth-order valence-corrected chi connectivity index (χ4v) is 1.40. The first kappa shape index (κ1) is 11.5. The van der Waals surface area contributed by atoms with Gasteiger partial charge >= 0.3 is 0 Å². The van der Waals surface area contributed by atoms with Crippen molar-refractivity contribution >= 4 is 23.5 Å². The molecule has 0 aliphatic carbocycles. The molecule has 5 nitrogen and oxygen atoms in total. The third-order valence-electron chi connectivity index (χ3n) is 1.95. The van der Waals surface area contributed by atoms with Crippen molar-refractivity contribution in [2.45, 2.75) is 0 Å². The van der Waals surface area contributed by atoms with E-state index in [4.69, 9.17) is 16.3 Å². The van der Waals surface area contributed by atoms with Gasteiger partial charge in [-0.2, -0.15) is 0 Å². The molecular formula is C11H10ClN3O2. The van der Waals surface area contributed by atoms with Crippen molar-refractivity contribution < 1.29 is 9.53 Å². The quantitative estimate of drug-likeness (QED) is 0.874. The maximum atomic E-state index is 11.5. The molecule has 0 bridgehead atoms. The average molecular weight is 252 g/mol. The predicted molar refractivity (Wildman–Crippen MR) is 64.2 cm³/mol. The van der Waals surface area contributed by atoms with E-state index in [0.717, 1.165) is 0 Å². The summed E-state index contributed by atoms with van der Waals surface area (Å²) in [4.78, 5) is 18.1. The molecule has 0 aliphatic rings. The monoisotopic (exact) mass is 251 g/mol. The van der Waals surface area contributed by atoms with Crippen LogP contribution in [0, 0.1) is 0 Å². The lowest BCUT2D eigenvalue weighted by Crippen LogP contribution is -2.20. The number of H-pyrrole nitrogens is 1. The fourth-order valence-electron chi connectivity index (χ4n) is 1.21. The van der Waals surface area contributed by atoms with Crippen LogP contribution in [0.25, 0.3) is 0 Å². The highest BCUT2D eigenvalue weighted by atomic mass is 35.5. The van der Waals surface area contributed by atoms with Gasteiger partial charge in [-0.25, -0.2) is 4.98 Å². The first-order valence-electron chi connectivity index (χ1n) is 4.92. The van der Waals surface area contributed by atoms with Crippen LogP contribution in [-0.2, 0) is 4.79 Å². The number of anilines is 1. The second-order valence-corrected chi connectivity index (χ2v) is 3.61. The van der Waals surface area contributed by atoms with Gasteiger partial charge in [0.2, 0.25) is 5.95 Å². The summed E-state index contributed by atoms with van der Waals surface area (Å²) in [6, 6.07) is 6.97. The van der Waals surface area contributed by atoms with Crippen molar-refractivity contribution in [3.63, 3.8) is 0 Å². The molecule has 0 spiro atoms. The third kappa shape index (κ3) is 3.22. The molecule has 0 saturated heterocycles. The van der Waals surface area contributed by atoms with Crippen molar-refractivity contribution in [3.05, 3.63) is 41.7 Å². The number of aromatic nitrogens is 2. The second-order valence-electron chi connectivity index (χ2n) is 3.21. The Morgan fingerprint density at radius 3 is 3.00 bits per heavy atom. The molecule has 1 heterocycles. The van der Waals surface area contributed by atoms with Crippen molar-refractivity contribution in [1.82, 2.24) is 9.97 Å². The molecule has 88 valence electrons. The van der Waals surface area contributed by atoms with Gasteiger partial charge in [-0.1, -0.05) is 23.7 Å². The molecular weight excluding hydrogens is 242 g/mol. The normalized spacial score (nSPS) is 9.94. The van der Waals surface area contributed by atoms with E-state index in [1.54, 1.807) is 36.7 Å². The minimum absolute atomic E-state index is 0.121. The lowest BCUT2D eigenvalue weighted by atomic mass is 10.3. The van der Waals surface area contributed by atoms with Crippen molar-refractivity contribution in [3.8, 4) is 5.75 Å². The molecule has 17 heavy (non-hydrogen) atoms. The molecule has 1 aromatic heterocycles. The molecule has 2 N–H and O–H groups in total. The summed E-state index contributed by atoms with van der Waals surface area (Å²) in [5.74, 6) is 0.557. The molecule has 1 aromatic carbocycles. The topological polar surface area (TPSA) is 67.0 Å². The lowest BCUT2D eigenvalue weighted by molar-refractivity contribution is -0.118. The van der Waals surface area contributed by atoms with Gasteiger partial charge in [0.25, 0.3) is 5.91 Å². The number of benzene rings is 1. The van der Waals surface area contributed by atoms with E-state index in [2.05, 4.69) is 15.3 Å². The largest absolute Gasteiger partial charge is 0.482 e. The second kappa shape index (κ2) is 5.36. The SMILES string of the molecule is O=C(COc1ccccc1Cl)Nc1ncc[nH]1. The number of halogens is 1. The zero-order valence-electron chi connectivity index (χ0n) is 8.81. The van der Waals surface area contributed by atoms with Gasteiger partial charge in [0, 0.05) is 12.4 Å². The Labute approximate surface area is 103 Å². The van der Waals surface area contributed by atoms with Crippen molar-refractivity contribution in [2.75, 3.05) is 11.9 Å². The number of amides is 1. The Bertz CT molecular complexity index is 499. The van der Waals surface area contributed by atoms with E-state index in [1.165, 1.54) is 0 Å². The number of para-hydroxylation sites is 1. The van der Waals surface area contributed by atoms with Gasteiger partial charge < -0.3 is 9.72 Å². The number of ether oxygens (including phenoxy) is 1. The summed E-state index contributed by atoms with van der Waals surface area (Å²) in [6.45, 7) is -0.121. The highest BCUT2D eigenvalue weighted by molar-refractivity contribution is 6.32. The number of aromatic amines is 1. The summed E-state index contributed by atoms with van der Waals surface area (Å²) in [5, 5.41) is 3.01. The van der Waals surface area contributed by atoms with E-state index >= 15 is 0 Å². The van der Waals surface area contributed by atoms with Crippen LogP contribution in [0.2, 0.25) is 5.02 Å². The zero-order valence-corrected chi connectivity index (χ0v) is 9.57. The molecule has 6 heteroatoms. The number of nitrogens with zero attached hydrogens (tertiary/aromatic N) is 1. The highest BCUT2D eigenvalue weighted by Crippen LogP contribution is 2.22. The molecule has 2 aromatic rings. The maximum absolute atomic E-state index is 11.5. The van der Waals surface area contributed by atoms with E-state index in [1.807, 2.05) is 0 Å². The standard InChI is InChI=1S/C11H10ClN3O2/c12-8-3-1-2-4-9(8)17-7-10(16)15-11-13-5-6-14-11/h1-6H,7H2,(H2,13,14,15,16). The van der Waals surface area contributed by atoms with Gasteiger partial charge in [-0.3, -0.25) is 10.1 Å². The van der Waals surface area contributed by atoms with Gasteiger partial charge in [0.1, 0.15) is 5.75 Å². The molecule has 2 rings (SSSR count). The Kier molecular flexibility index (Phi) is 3.62. The van der Waals surface area contributed by atoms with Gasteiger partial charge in [-0.15, -0.1) is 0 Å². The van der Waals surface area contributed by atoms with Crippen LogP contribution in [0.5, 0.6) is 5.75 Å².